The SMILES string of the molecule is COc1ccc(-c2nc3c(c(Cc4ccccc4)nn3-c3ccccc3)c3cc(OC)c(OC)cc23)cc1OC. The standard InChI is InChI=1S/C33H29N3O4/c1-37-27-16-15-22(18-28(27)38-2)32-25-20-30(40-4)29(39-3)19-24(25)31-26(17-21-11-7-5-8-12-21)35-36(33(31)34-32)23-13-9-6-10-14-23/h5-16,18-20H,17H2,1-4H3. The van der Waals surface area contributed by atoms with Gasteiger partial charge in [0.15, 0.2) is 28.6 Å². The Morgan fingerprint density at radius 1 is 0.625 bits per heavy atom. The molecule has 7 nitrogen and oxygen atoms in total. The third-order valence-corrected chi connectivity index (χ3v) is 7.07. The second-order valence-corrected chi connectivity index (χ2v) is 9.34. The van der Waals surface area contributed by atoms with Gasteiger partial charge in [-0.1, -0.05) is 48.5 Å². The molecule has 0 atom stereocenters. The van der Waals surface area contributed by atoms with Crippen molar-refractivity contribution in [3.63, 3.8) is 0 Å². The predicted molar refractivity (Wildman–Crippen MR) is 157 cm³/mol. The van der Waals surface area contributed by atoms with E-state index in [1.54, 1.807) is 28.4 Å². The lowest BCUT2D eigenvalue weighted by molar-refractivity contribution is 0.355. The van der Waals surface area contributed by atoms with Crippen molar-refractivity contribution in [3.05, 3.63) is 102 Å². The minimum absolute atomic E-state index is 0.622. The van der Waals surface area contributed by atoms with E-state index in [0.29, 0.717) is 29.4 Å². The second-order valence-electron chi connectivity index (χ2n) is 9.34. The number of rotatable bonds is 8. The monoisotopic (exact) mass is 531 g/mol. The average Bonchev–Trinajstić information content (AvgIpc) is 3.38. The summed E-state index contributed by atoms with van der Waals surface area (Å²) in [4.78, 5) is 5.28. The molecule has 200 valence electrons. The lowest BCUT2D eigenvalue weighted by atomic mass is 9.98. The van der Waals surface area contributed by atoms with Crippen LogP contribution in [-0.2, 0) is 6.42 Å². The van der Waals surface area contributed by atoms with Gasteiger partial charge in [-0.15, -0.1) is 0 Å². The summed E-state index contributed by atoms with van der Waals surface area (Å²) in [5.74, 6) is 2.53. The zero-order valence-electron chi connectivity index (χ0n) is 22.8. The molecule has 0 bridgehead atoms. The zero-order chi connectivity index (χ0) is 27.6. The Balaban J connectivity index is 1.73. The van der Waals surface area contributed by atoms with Crippen LogP contribution in [0.5, 0.6) is 23.0 Å². The number of hydrogen-bond donors (Lipinski definition) is 0. The Morgan fingerprint density at radius 2 is 1.23 bits per heavy atom. The molecule has 0 aliphatic rings. The second kappa shape index (κ2) is 10.6. The van der Waals surface area contributed by atoms with Gasteiger partial charge < -0.3 is 18.9 Å². The van der Waals surface area contributed by atoms with Crippen LogP contribution in [0.15, 0.2) is 91.0 Å². The minimum atomic E-state index is 0.622. The van der Waals surface area contributed by atoms with Crippen molar-refractivity contribution in [2.24, 2.45) is 0 Å². The van der Waals surface area contributed by atoms with Gasteiger partial charge in [-0.05, 0) is 48.0 Å². The van der Waals surface area contributed by atoms with Crippen LogP contribution < -0.4 is 18.9 Å². The van der Waals surface area contributed by atoms with Gasteiger partial charge in [-0.25, -0.2) is 9.67 Å². The van der Waals surface area contributed by atoms with Crippen molar-refractivity contribution >= 4 is 21.8 Å². The minimum Gasteiger partial charge on any atom is -0.493 e. The lowest BCUT2D eigenvalue weighted by Crippen LogP contribution is -2.00. The van der Waals surface area contributed by atoms with Crippen LogP contribution in [0.1, 0.15) is 11.3 Å². The maximum atomic E-state index is 5.75. The normalized spacial score (nSPS) is 11.1. The van der Waals surface area contributed by atoms with Crippen LogP contribution in [0, 0.1) is 0 Å². The molecule has 0 amide bonds. The highest BCUT2D eigenvalue weighted by molar-refractivity contribution is 6.12. The summed E-state index contributed by atoms with van der Waals surface area (Å²) in [6, 6.07) is 30.2. The van der Waals surface area contributed by atoms with Gasteiger partial charge in [-0.2, -0.15) is 5.10 Å². The number of fused-ring (bicyclic) bond motifs is 3. The summed E-state index contributed by atoms with van der Waals surface area (Å²) in [5, 5.41) is 7.99. The average molecular weight is 532 g/mol. The molecule has 0 fully saturated rings. The first-order chi connectivity index (χ1) is 19.6. The highest BCUT2D eigenvalue weighted by atomic mass is 16.5. The van der Waals surface area contributed by atoms with E-state index in [-0.39, 0.29) is 0 Å². The number of pyridine rings is 1. The zero-order valence-corrected chi connectivity index (χ0v) is 22.8. The summed E-state index contributed by atoms with van der Waals surface area (Å²) >= 11 is 0. The molecule has 0 spiro atoms. The molecule has 7 heteroatoms. The maximum Gasteiger partial charge on any atom is 0.164 e. The van der Waals surface area contributed by atoms with Gasteiger partial charge >= 0.3 is 0 Å². The summed E-state index contributed by atoms with van der Waals surface area (Å²) < 4.78 is 24.5. The van der Waals surface area contributed by atoms with E-state index in [1.807, 2.05) is 83.5 Å². The smallest absolute Gasteiger partial charge is 0.164 e. The molecule has 4 aromatic carbocycles. The third-order valence-electron chi connectivity index (χ3n) is 7.07. The number of hydrogen-bond acceptors (Lipinski definition) is 6. The van der Waals surface area contributed by atoms with Crippen molar-refractivity contribution in [1.29, 1.82) is 0 Å². The molecule has 6 aromatic rings. The first-order valence-corrected chi connectivity index (χ1v) is 12.9. The van der Waals surface area contributed by atoms with E-state index >= 15 is 0 Å². The van der Waals surface area contributed by atoms with Crippen LogP contribution in [-0.4, -0.2) is 43.2 Å². The third kappa shape index (κ3) is 4.35. The Kier molecular flexibility index (Phi) is 6.70. The molecule has 0 aliphatic carbocycles. The van der Waals surface area contributed by atoms with Crippen LogP contribution in [0.2, 0.25) is 0 Å². The quantitative estimate of drug-likeness (QED) is 0.214. The van der Waals surface area contributed by atoms with Crippen molar-refractivity contribution in [3.8, 4) is 39.9 Å². The Hall–Kier alpha value is -5.04. The molecule has 40 heavy (non-hydrogen) atoms. The molecule has 0 N–H and O–H groups in total. The highest BCUT2D eigenvalue weighted by Gasteiger charge is 2.22. The van der Waals surface area contributed by atoms with Crippen molar-refractivity contribution < 1.29 is 18.9 Å². The van der Waals surface area contributed by atoms with Crippen LogP contribution in [0.4, 0.5) is 0 Å². The van der Waals surface area contributed by atoms with E-state index in [0.717, 1.165) is 44.4 Å². The highest BCUT2D eigenvalue weighted by Crippen LogP contribution is 2.42. The Morgan fingerprint density at radius 3 is 1.88 bits per heavy atom. The topological polar surface area (TPSA) is 67.6 Å². The summed E-state index contributed by atoms with van der Waals surface area (Å²) in [7, 11) is 6.54. The van der Waals surface area contributed by atoms with Gasteiger partial charge in [0.1, 0.15) is 0 Å². The van der Waals surface area contributed by atoms with Crippen molar-refractivity contribution in [2.75, 3.05) is 28.4 Å². The van der Waals surface area contributed by atoms with E-state index < -0.39 is 0 Å². The predicted octanol–water partition coefficient (Wildman–Crippen LogP) is 6.87. The molecule has 0 radical (unpaired) electrons. The molecule has 2 aromatic heterocycles. The van der Waals surface area contributed by atoms with E-state index in [2.05, 4.69) is 12.1 Å². The molecular weight excluding hydrogens is 502 g/mol. The van der Waals surface area contributed by atoms with E-state index in [1.165, 1.54) is 5.56 Å². The molecule has 0 saturated carbocycles. The number of ether oxygens (including phenoxy) is 4. The Labute approximate surface area is 232 Å². The van der Waals surface area contributed by atoms with E-state index in [4.69, 9.17) is 29.0 Å². The van der Waals surface area contributed by atoms with Gasteiger partial charge in [0.25, 0.3) is 0 Å². The number of methoxy groups -OCH3 is 4. The Bertz CT molecular complexity index is 1820. The maximum absolute atomic E-state index is 5.75. The first-order valence-electron chi connectivity index (χ1n) is 12.9. The van der Waals surface area contributed by atoms with Crippen LogP contribution in [0.3, 0.4) is 0 Å². The van der Waals surface area contributed by atoms with Crippen molar-refractivity contribution in [2.45, 2.75) is 6.42 Å². The molecular formula is C33H29N3O4. The van der Waals surface area contributed by atoms with Gasteiger partial charge in [0, 0.05) is 22.8 Å². The summed E-state index contributed by atoms with van der Waals surface area (Å²) in [6.07, 6.45) is 0.651. The lowest BCUT2D eigenvalue weighted by Gasteiger charge is -2.15. The molecule has 6 rings (SSSR count). The first kappa shape index (κ1) is 25.2. The largest absolute Gasteiger partial charge is 0.493 e. The van der Waals surface area contributed by atoms with Gasteiger partial charge in [-0.3, -0.25) is 0 Å². The van der Waals surface area contributed by atoms with Gasteiger partial charge in [0.05, 0.1) is 50.9 Å². The summed E-state index contributed by atoms with van der Waals surface area (Å²) in [5.41, 5.74) is 5.42. The fraction of sp³-hybridized carbons (Fsp3) is 0.152. The fourth-order valence-electron chi connectivity index (χ4n) is 5.15. The van der Waals surface area contributed by atoms with Gasteiger partial charge in [0.2, 0.25) is 0 Å². The molecule has 2 heterocycles. The number of para-hydroxylation sites is 1. The number of aromatic nitrogens is 3. The van der Waals surface area contributed by atoms with Crippen molar-refractivity contribution in [1.82, 2.24) is 14.8 Å². The molecule has 0 saturated heterocycles. The fourth-order valence-corrected chi connectivity index (χ4v) is 5.15. The van der Waals surface area contributed by atoms with E-state index in [9.17, 15) is 0 Å². The van der Waals surface area contributed by atoms with Crippen LogP contribution >= 0.6 is 0 Å². The van der Waals surface area contributed by atoms with Crippen LogP contribution in [0.25, 0.3) is 38.8 Å². The number of benzene rings is 4. The summed E-state index contributed by atoms with van der Waals surface area (Å²) in [6.45, 7) is 0. The molecule has 0 unspecified atom stereocenters. The number of nitrogens with zero attached hydrogens (tertiary/aromatic N) is 3. The molecule has 0 aliphatic heterocycles.